The summed E-state index contributed by atoms with van der Waals surface area (Å²) in [5, 5.41) is 21.2. The summed E-state index contributed by atoms with van der Waals surface area (Å²) in [5.74, 6) is -0.714. The van der Waals surface area contributed by atoms with Gasteiger partial charge in [0.1, 0.15) is 6.10 Å². The number of nitro groups is 1. The molecule has 1 N–H and O–H groups in total. The molecule has 0 amide bonds. The molecule has 1 aromatic carbocycles. The van der Waals surface area contributed by atoms with E-state index < -0.39 is 27.6 Å². The standard InChI is InChI=1S/C14H13NO4S/c16-12(10-6-2-1-3-7-10)13(17)14(20)9-5-4-8-11(14)15(18)19/h1-9,11-12,16,20H. The molecule has 0 radical (unpaired) electrons. The Bertz CT molecular complexity index is 584. The maximum absolute atomic E-state index is 12.4. The van der Waals surface area contributed by atoms with Crippen molar-refractivity contribution >= 4 is 18.4 Å². The minimum absolute atomic E-state index is 0.385. The second-order valence-electron chi connectivity index (χ2n) is 4.48. The Morgan fingerprint density at radius 2 is 2.00 bits per heavy atom. The average Bonchev–Trinajstić information content (AvgIpc) is 2.46. The number of ketones is 1. The number of rotatable bonds is 4. The first kappa shape index (κ1) is 14.5. The lowest BCUT2D eigenvalue weighted by Gasteiger charge is -2.28. The summed E-state index contributed by atoms with van der Waals surface area (Å²) in [6.45, 7) is 0. The second-order valence-corrected chi connectivity index (χ2v) is 5.22. The largest absolute Gasteiger partial charge is 0.380 e. The number of thiol groups is 1. The van der Waals surface area contributed by atoms with Gasteiger partial charge >= 0.3 is 0 Å². The van der Waals surface area contributed by atoms with E-state index >= 15 is 0 Å². The van der Waals surface area contributed by atoms with E-state index in [4.69, 9.17) is 0 Å². The highest BCUT2D eigenvalue weighted by Gasteiger charge is 2.50. The number of carbonyl (C=O) groups is 1. The highest BCUT2D eigenvalue weighted by Crippen LogP contribution is 2.33. The highest BCUT2D eigenvalue weighted by atomic mass is 32.1. The molecule has 6 heteroatoms. The van der Waals surface area contributed by atoms with Crippen LogP contribution in [0.3, 0.4) is 0 Å². The minimum atomic E-state index is -1.66. The Hall–Kier alpha value is -1.92. The molecule has 0 aliphatic heterocycles. The van der Waals surface area contributed by atoms with Crippen LogP contribution in [0.15, 0.2) is 54.6 Å². The van der Waals surface area contributed by atoms with Gasteiger partial charge in [-0.2, -0.15) is 12.6 Å². The van der Waals surface area contributed by atoms with Gasteiger partial charge in [-0.25, -0.2) is 0 Å². The van der Waals surface area contributed by atoms with E-state index in [-0.39, 0.29) is 0 Å². The third-order valence-corrected chi connectivity index (χ3v) is 3.83. The number of Topliss-reactive ketones (excluding diaryl/α,β-unsaturated/α-hetero) is 1. The smallest absolute Gasteiger partial charge is 0.256 e. The predicted molar refractivity (Wildman–Crippen MR) is 77.2 cm³/mol. The summed E-state index contributed by atoms with van der Waals surface area (Å²) in [5.41, 5.74) is 0.385. The molecule has 0 fully saturated rings. The number of hydrogen-bond acceptors (Lipinski definition) is 5. The summed E-state index contributed by atoms with van der Waals surface area (Å²) in [6.07, 6.45) is 4.19. The van der Waals surface area contributed by atoms with Crippen molar-refractivity contribution in [3.05, 3.63) is 70.3 Å². The number of allylic oxidation sites excluding steroid dienone is 2. The molecule has 1 aromatic rings. The zero-order chi connectivity index (χ0) is 14.8. The van der Waals surface area contributed by atoms with E-state index in [1.165, 1.54) is 24.3 Å². The molecule has 3 unspecified atom stereocenters. The number of benzene rings is 1. The van der Waals surface area contributed by atoms with Crippen molar-refractivity contribution in [3.8, 4) is 0 Å². The fourth-order valence-electron chi connectivity index (χ4n) is 2.08. The molecule has 0 saturated heterocycles. The SMILES string of the molecule is O=C(C(O)c1ccccc1)C1(S)C=CC=CC1[N+](=O)[O-]. The van der Waals surface area contributed by atoms with E-state index in [2.05, 4.69) is 12.6 Å². The van der Waals surface area contributed by atoms with Gasteiger partial charge in [-0.3, -0.25) is 14.9 Å². The maximum atomic E-state index is 12.4. The number of aliphatic hydroxyl groups is 1. The molecule has 0 heterocycles. The lowest BCUT2D eigenvalue weighted by molar-refractivity contribution is -0.510. The zero-order valence-corrected chi connectivity index (χ0v) is 11.3. The second kappa shape index (κ2) is 5.60. The van der Waals surface area contributed by atoms with E-state index in [0.717, 1.165) is 0 Å². The molecule has 0 spiro atoms. The summed E-state index contributed by atoms with van der Waals surface area (Å²) in [4.78, 5) is 22.9. The number of aliphatic hydroxyl groups excluding tert-OH is 1. The van der Waals surface area contributed by atoms with Crippen LogP contribution in [-0.4, -0.2) is 26.6 Å². The third kappa shape index (κ3) is 2.52. The molecule has 0 aromatic heterocycles. The van der Waals surface area contributed by atoms with Crippen molar-refractivity contribution in [2.45, 2.75) is 16.9 Å². The van der Waals surface area contributed by atoms with Gasteiger partial charge in [-0.05, 0) is 11.6 Å². The van der Waals surface area contributed by atoms with Crippen LogP contribution in [0.1, 0.15) is 11.7 Å². The van der Waals surface area contributed by atoms with Gasteiger partial charge in [-0.15, -0.1) is 0 Å². The Morgan fingerprint density at radius 3 is 2.60 bits per heavy atom. The molecule has 1 aliphatic carbocycles. The van der Waals surface area contributed by atoms with Crippen LogP contribution in [0.5, 0.6) is 0 Å². The van der Waals surface area contributed by atoms with E-state index in [0.29, 0.717) is 5.56 Å². The molecule has 0 bridgehead atoms. The van der Waals surface area contributed by atoms with Crippen molar-refractivity contribution in [2.24, 2.45) is 0 Å². The van der Waals surface area contributed by atoms with Crippen LogP contribution >= 0.6 is 12.6 Å². The first-order chi connectivity index (χ1) is 9.47. The van der Waals surface area contributed by atoms with Crippen molar-refractivity contribution in [1.29, 1.82) is 0 Å². The molecule has 5 nitrogen and oxygen atoms in total. The zero-order valence-electron chi connectivity index (χ0n) is 10.4. The monoisotopic (exact) mass is 291 g/mol. The fraction of sp³-hybridized carbons (Fsp3) is 0.214. The van der Waals surface area contributed by atoms with Gasteiger partial charge in [0.15, 0.2) is 10.5 Å². The van der Waals surface area contributed by atoms with Crippen molar-refractivity contribution in [3.63, 3.8) is 0 Å². The van der Waals surface area contributed by atoms with Gasteiger partial charge in [-0.1, -0.05) is 48.6 Å². The van der Waals surface area contributed by atoms with Gasteiger partial charge in [0.2, 0.25) is 0 Å². The van der Waals surface area contributed by atoms with Crippen molar-refractivity contribution < 1.29 is 14.8 Å². The van der Waals surface area contributed by atoms with Crippen LogP contribution in [0.25, 0.3) is 0 Å². The lowest BCUT2D eigenvalue weighted by atomic mass is 9.86. The Morgan fingerprint density at radius 1 is 1.35 bits per heavy atom. The lowest BCUT2D eigenvalue weighted by Crippen LogP contribution is -2.49. The molecular weight excluding hydrogens is 278 g/mol. The molecule has 20 heavy (non-hydrogen) atoms. The maximum Gasteiger partial charge on any atom is 0.256 e. The van der Waals surface area contributed by atoms with E-state index in [9.17, 15) is 20.0 Å². The quantitative estimate of drug-likeness (QED) is 0.503. The van der Waals surface area contributed by atoms with Gasteiger partial charge in [0, 0.05) is 4.92 Å². The molecular formula is C14H13NO4S. The summed E-state index contributed by atoms with van der Waals surface area (Å²) >= 11 is 4.18. The molecule has 3 atom stereocenters. The number of hydrogen-bond donors (Lipinski definition) is 2. The molecule has 1 aliphatic rings. The van der Waals surface area contributed by atoms with Crippen LogP contribution in [0, 0.1) is 10.1 Å². The summed E-state index contributed by atoms with van der Waals surface area (Å²) < 4.78 is -1.66. The first-order valence-electron chi connectivity index (χ1n) is 5.96. The number of nitrogens with zero attached hydrogens (tertiary/aromatic N) is 1. The highest BCUT2D eigenvalue weighted by molar-refractivity contribution is 7.83. The molecule has 104 valence electrons. The molecule has 0 saturated carbocycles. The van der Waals surface area contributed by atoms with Crippen LogP contribution in [0.2, 0.25) is 0 Å². The van der Waals surface area contributed by atoms with Crippen molar-refractivity contribution in [1.82, 2.24) is 0 Å². The van der Waals surface area contributed by atoms with Gasteiger partial charge in [0.05, 0.1) is 0 Å². The fourth-order valence-corrected chi connectivity index (χ4v) is 2.47. The Labute approximate surface area is 121 Å². The minimum Gasteiger partial charge on any atom is -0.380 e. The van der Waals surface area contributed by atoms with E-state index in [1.807, 2.05) is 0 Å². The average molecular weight is 291 g/mol. The normalized spacial score (nSPS) is 26.2. The third-order valence-electron chi connectivity index (χ3n) is 3.19. The predicted octanol–water partition coefficient (Wildman–Crippen LogP) is 1.73. The van der Waals surface area contributed by atoms with Crippen LogP contribution in [0.4, 0.5) is 0 Å². The van der Waals surface area contributed by atoms with E-state index in [1.54, 1.807) is 30.3 Å². The topological polar surface area (TPSA) is 80.4 Å². The summed E-state index contributed by atoms with van der Waals surface area (Å²) in [6, 6.07) is 6.98. The number of carbonyl (C=O) groups excluding carboxylic acids is 1. The van der Waals surface area contributed by atoms with Crippen LogP contribution < -0.4 is 0 Å². The first-order valence-corrected chi connectivity index (χ1v) is 6.41. The van der Waals surface area contributed by atoms with Crippen LogP contribution in [-0.2, 0) is 4.79 Å². The Kier molecular flexibility index (Phi) is 4.06. The van der Waals surface area contributed by atoms with Gasteiger partial charge < -0.3 is 5.11 Å². The summed E-state index contributed by atoms with van der Waals surface area (Å²) in [7, 11) is 0. The van der Waals surface area contributed by atoms with Gasteiger partial charge in [0.25, 0.3) is 6.04 Å². The Balaban J connectivity index is 2.34. The molecule has 2 rings (SSSR count). The van der Waals surface area contributed by atoms with Crippen molar-refractivity contribution in [2.75, 3.05) is 0 Å².